The number of halogens is 2. The molecule has 0 aliphatic heterocycles. The predicted molar refractivity (Wildman–Crippen MR) is 65.7 cm³/mol. The van der Waals surface area contributed by atoms with Crippen LogP contribution in [0.1, 0.15) is 26.7 Å². The van der Waals surface area contributed by atoms with Crippen LogP contribution >= 0.6 is 23.2 Å². The second kappa shape index (κ2) is 5.54. The first-order valence-corrected chi connectivity index (χ1v) is 6.26. The van der Waals surface area contributed by atoms with Crippen LogP contribution in [0, 0.1) is 0 Å². The zero-order valence-corrected chi connectivity index (χ0v) is 12.2. The molecule has 0 aromatic heterocycles. The Kier molecular flexibility index (Phi) is 4.68. The molecule has 108 valence electrons. The summed E-state index contributed by atoms with van der Waals surface area (Å²) in [6.07, 6.45) is -0.786. The highest BCUT2D eigenvalue weighted by Crippen LogP contribution is 2.52. The Hall–Kier alpha value is -1.01. The van der Waals surface area contributed by atoms with Crippen molar-refractivity contribution in [2.75, 3.05) is 7.11 Å². The lowest BCUT2D eigenvalue weighted by Crippen LogP contribution is -2.56. The van der Waals surface area contributed by atoms with Crippen LogP contribution in [0.3, 0.4) is 0 Å². The average molecular weight is 313 g/mol. The molecular weight excluding hydrogens is 299 g/mol. The Labute approximate surface area is 120 Å². The van der Waals surface area contributed by atoms with Crippen molar-refractivity contribution >= 4 is 41.1 Å². The number of hydrogen-bond acceptors (Lipinski definition) is 6. The zero-order valence-electron chi connectivity index (χ0n) is 10.7. The Morgan fingerprint density at radius 3 is 2.16 bits per heavy atom. The molecule has 2 atom stereocenters. The van der Waals surface area contributed by atoms with E-state index >= 15 is 0 Å². The molecule has 0 radical (unpaired) electrons. The number of carbonyl (C=O) groups is 3. The summed E-state index contributed by atoms with van der Waals surface area (Å²) in [4.78, 5) is 34.1. The summed E-state index contributed by atoms with van der Waals surface area (Å²) in [7, 11) is 1.12. The minimum atomic E-state index is -1.91. The lowest BCUT2D eigenvalue weighted by molar-refractivity contribution is -0.181. The van der Waals surface area contributed by atoms with Crippen molar-refractivity contribution in [2.24, 2.45) is 0 Å². The van der Waals surface area contributed by atoms with E-state index in [4.69, 9.17) is 32.7 Å². The van der Waals surface area contributed by atoms with Crippen LogP contribution in [0.15, 0.2) is 0 Å². The Balaban J connectivity index is 3.15. The van der Waals surface area contributed by atoms with Gasteiger partial charge in [-0.05, 0) is 6.42 Å². The van der Waals surface area contributed by atoms with Crippen molar-refractivity contribution in [1.29, 1.82) is 0 Å². The van der Waals surface area contributed by atoms with Gasteiger partial charge in [0.25, 0.3) is 0 Å². The number of methoxy groups -OCH3 is 1. The van der Waals surface area contributed by atoms with E-state index in [-0.39, 0.29) is 12.8 Å². The summed E-state index contributed by atoms with van der Waals surface area (Å²) >= 11 is 12.3. The number of alkyl halides is 2. The molecule has 0 amide bonds. The molecule has 6 nitrogen and oxygen atoms in total. The average Bonchev–Trinajstić information content (AvgIpc) is 2.51. The summed E-state index contributed by atoms with van der Waals surface area (Å²) in [5, 5.41) is 0. The van der Waals surface area contributed by atoms with Gasteiger partial charge in [0.1, 0.15) is 6.10 Å². The molecule has 0 bridgehead atoms. The predicted octanol–water partition coefficient (Wildman–Crippen LogP) is 1.36. The highest BCUT2D eigenvalue weighted by atomic mass is 35.5. The highest BCUT2D eigenvalue weighted by molar-refractivity contribution is 6.51. The molecule has 0 aromatic carbocycles. The third-order valence-electron chi connectivity index (χ3n) is 2.84. The molecular formula is C11H14Cl2O6. The van der Waals surface area contributed by atoms with Crippen molar-refractivity contribution in [3.05, 3.63) is 0 Å². The van der Waals surface area contributed by atoms with E-state index in [0.29, 0.717) is 0 Å². The van der Waals surface area contributed by atoms with Gasteiger partial charge in [-0.2, -0.15) is 0 Å². The molecule has 19 heavy (non-hydrogen) atoms. The van der Waals surface area contributed by atoms with E-state index < -0.39 is 33.9 Å². The molecule has 1 fully saturated rings. The topological polar surface area (TPSA) is 78.9 Å². The third kappa shape index (κ3) is 2.79. The van der Waals surface area contributed by atoms with Crippen LogP contribution in [0.4, 0.5) is 0 Å². The Morgan fingerprint density at radius 2 is 1.74 bits per heavy atom. The quantitative estimate of drug-likeness (QED) is 0.445. The molecule has 1 aliphatic rings. The van der Waals surface area contributed by atoms with E-state index in [1.165, 1.54) is 6.92 Å². The zero-order chi connectivity index (χ0) is 14.8. The van der Waals surface area contributed by atoms with Crippen molar-refractivity contribution < 1.29 is 28.6 Å². The molecule has 1 rings (SSSR count). The number of ether oxygens (including phenoxy) is 3. The summed E-state index contributed by atoms with van der Waals surface area (Å²) < 4.78 is 12.7. The SMILES string of the molecule is COC(=O)[C@@]1(OC(C)=O)CC[C@@H](OC(C)=O)C1(Cl)Cl. The number of carbonyl (C=O) groups excluding carboxylic acids is 3. The molecule has 0 saturated heterocycles. The van der Waals surface area contributed by atoms with Crippen LogP contribution in [-0.2, 0) is 28.6 Å². The van der Waals surface area contributed by atoms with Crippen molar-refractivity contribution in [3.63, 3.8) is 0 Å². The molecule has 0 unspecified atom stereocenters. The van der Waals surface area contributed by atoms with Gasteiger partial charge in [0.05, 0.1) is 7.11 Å². The van der Waals surface area contributed by atoms with Crippen LogP contribution in [0.5, 0.6) is 0 Å². The van der Waals surface area contributed by atoms with E-state index in [9.17, 15) is 14.4 Å². The molecule has 1 aliphatic carbocycles. The Morgan fingerprint density at radius 1 is 1.16 bits per heavy atom. The summed E-state index contributed by atoms with van der Waals surface area (Å²) in [6, 6.07) is 0. The smallest absolute Gasteiger partial charge is 0.353 e. The van der Waals surface area contributed by atoms with Crippen molar-refractivity contribution in [3.8, 4) is 0 Å². The second-order valence-electron chi connectivity index (χ2n) is 4.17. The van der Waals surface area contributed by atoms with E-state index in [2.05, 4.69) is 4.74 Å². The van der Waals surface area contributed by atoms with Gasteiger partial charge >= 0.3 is 17.9 Å². The van der Waals surface area contributed by atoms with Crippen molar-refractivity contribution in [2.45, 2.75) is 42.7 Å². The van der Waals surface area contributed by atoms with Crippen molar-refractivity contribution in [1.82, 2.24) is 0 Å². The summed E-state index contributed by atoms with van der Waals surface area (Å²) in [5.74, 6) is -2.22. The fraction of sp³-hybridized carbons (Fsp3) is 0.727. The van der Waals surface area contributed by atoms with E-state index in [0.717, 1.165) is 14.0 Å². The monoisotopic (exact) mass is 312 g/mol. The van der Waals surface area contributed by atoms with E-state index in [1.54, 1.807) is 0 Å². The standard InChI is InChI=1S/C11H14Cl2O6/c1-6(14)18-8-4-5-10(9(16)17-3,11(8,12)13)19-7(2)15/h8H,4-5H2,1-3H3/t8-,10+/m1/s1. The fourth-order valence-electron chi connectivity index (χ4n) is 2.08. The van der Waals surface area contributed by atoms with Crippen LogP contribution in [-0.4, -0.2) is 41.1 Å². The molecule has 8 heteroatoms. The van der Waals surface area contributed by atoms with E-state index in [1.807, 2.05) is 0 Å². The van der Waals surface area contributed by atoms with Gasteiger partial charge in [-0.25, -0.2) is 4.79 Å². The third-order valence-corrected chi connectivity index (χ3v) is 3.94. The van der Waals surface area contributed by atoms with Crippen LogP contribution in [0.2, 0.25) is 0 Å². The summed E-state index contributed by atoms with van der Waals surface area (Å²) in [6.45, 7) is 2.31. The van der Waals surface area contributed by atoms with Gasteiger partial charge in [-0.3, -0.25) is 9.59 Å². The van der Waals surface area contributed by atoms with Gasteiger partial charge in [-0.15, -0.1) is 0 Å². The van der Waals surface area contributed by atoms with Gasteiger partial charge < -0.3 is 14.2 Å². The molecule has 0 spiro atoms. The maximum Gasteiger partial charge on any atom is 0.353 e. The highest BCUT2D eigenvalue weighted by Gasteiger charge is 2.68. The van der Waals surface area contributed by atoms with Gasteiger partial charge in [0.15, 0.2) is 0 Å². The normalized spacial score (nSPS) is 28.6. The minimum absolute atomic E-state index is 0.00417. The molecule has 0 N–H and O–H groups in total. The number of hydrogen-bond donors (Lipinski definition) is 0. The summed E-state index contributed by atoms with van der Waals surface area (Å²) in [5.41, 5.74) is -1.88. The van der Waals surface area contributed by atoms with Gasteiger partial charge in [-0.1, -0.05) is 23.2 Å². The van der Waals surface area contributed by atoms with Gasteiger partial charge in [0, 0.05) is 20.3 Å². The maximum atomic E-state index is 11.9. The first-order chi connectivity index (χ1) is 8.67. The number of rotatable bonds is 3. The minimum Gasteiger partial charge on any atom is -0.466 e. The fourth-order valence-corrected chi connectivity index (χ4v) is 2.81. The first kappa shape index (κ1) is 16.0. The number of esters is 3. The maximum absolute atomic E-state index is 11.9. The second-order valence-corrected chi connectivity index (χ2v) is 5.56. The molecule has 0 aromatic rings. The lowest BCUT2D eigenvalue weighted by atomic mass is 10.0. The largest absolute Gasteiger partial charge is 0.466 e. The first-order valence-electron chi connectivity index (χ1n) is 5.50. The lowest BCUT2D eigenvalue weighted by Gasteiger charge is -2.35. The molecule has 1 saturated carbocycles. The van der Waals surface area contributed by atoms with Crippen LogP contribution < -0.4 is 0 Å². The van der Waals surface area contributed by atoms with Crippen LogP contribution in [0.25, 0.3) is 0 Å². The molecule has 0 heterocycles. The Bertz CT molecular complexity index is 408. The van der Waals surface area contributed by atoms with Gasteiger partial charge in [0.2, 0.25) is 9.93 Å².